The second kappa shape index (κ2) is 3.98. The quantitative estimate of drug-likeness (QED) is 0.756. The lowest BCUT2D eigenvalue weighted by Gasteiger charge is -2.56. The highest BCUT2D eigenvalue weighted by molar-refractivity contribution is 7.59. The third-order valence-electron chi connectivity index (χ3n) is 5.76. The summed E-state index contributed by atoms with van der Waals surface area (Å²) < 4.78 is 35.9. The molecule has 0 radical (unpaired) electrons. The lowest BCUT2D eigenvalue weighted by molar-refractivity contribution is -0.0845. The molecule has 20 heavy (non-hydrogen) atoms. The fraction of sp³-hybridized carbons (Fsp3) is 1.00. The van der Waals surface area contributed by atoms with Gasteiger partial charge in [-0.15, -0.1) is 0 Å². The first-order chi connectivity index (χ1) is 8.68. The molecule has 1 heterocycles. The number of hydrogen-bond acceptors (Lipinski definition) is 4. The predicted octanol–water partition coefficient (Wildman–Crippen LogP) is 3.34. The van der Waals surface area contributed by atoms with Crippen LogP contribution in [0.2, 0.25) is 0 Å². The molecular weight excluding hydrogens is 302 g/mol. The van der Waals surface area contributed by atoms with Gasteiger partial charge in [-0.3, -0.25) is 13.7 Å². The van der Waals surface area contributed by atoms with Crippen LogP contribution in [0.1, 0.15) is 47.5 Å². The molecule has 1 aliphatic carbocycles. The summed E-state index contributed by atoms with van der Waals surface area (Å²) in [5.41, 5.74) is -1.30. The molecule has 2 N–H and O–H groups in total. The monoisotopic (exact) mass is 326 g/mol. The Morgan fingerprint density at radius 1 is 1.15 bits per heavy atom. The number of fused-ring (bicyclic) bond motifs is 2. The van der Waals surface area contributed by atoms with Gasteiger partial charge in [0.15, 0.2) is 5.34 Å². The van der Waals surface area contributed by atoms with Gasteiger partial charge in [0.05, 0.1) is 5.16 Å². The van der Waals surface area contributed by atoms with E-state index < -0.39 is 36.5 Å². The summed E-state index contributed by atoms with van der Waals surface area (Å²) in [6, 6.07) is 0. The van der Waals surface area contributed by atoms with E-state index >= 15 is 0 Å². The average molecular weight is 326 g/mol. The molecule has 0 aromatic carbocycles. The molecule has 0 aromatic heterocycles. The number of hydrogen-bond donors (Lipinski definition) is 2. The molecule has 2 aliphatic rings. The molecule has 8 heteroatoms. The van der Waals surface area contributed by atoms with Gasteiger partial charge in [-0.1, -0.05) is 27.7 Å². The minimum absolute atomic E-state index is 0.0474. The molecule has 1 aliphatic heterocycles. The molecule has 3 atom stereocenters. The zero-order valence-corrected chi connectivity index (χ0v) is 14.6. The SMILES string of the molecule is COP1(=O)OC2(P(=O)(O)O)CC1(C)CC(C)(C)C2(C)C. The van der Waals surface area contributed by atoms with E-state index in [1.165, 1.54) is 7.11 Å². The smallest absolute Gasteiger partial charge is 0.322 e. The maximum atomic E-state index is 13.0. The molecule has 1 saturated carbocycles. The van der Waals surface area contributed by atoms with E-state index in [1.807, 2.05) is 13.8 Å². The lowest BCUT2D eigenvalue weighted by Crippen LogP contribution is -2.57. The maximum absolute atomic E-state index is 13.0. The van der Waals surface area contributed by atoms with Crippen molar-refractivity contribution in [1.82, 2.24) is 0 Å². The Morgan fingerprint density at radius 3 is 2.05 bits per heavy atom. The first kappa shape index (κ1) is 16.7. The molecule has 6 nitrogen and oxygen atoms in total. The van der Waals surface area contributed by atoms with Crippen molar-refractivity contribution in [3.63, 3.8) is 0 Å². The minimum Gasteiger partial charge on any atom is -0.322 e. The van der Waals surface area contributed by atoms with Crippen molar-refractivity contribution >= 4 is 15.2 Å². The van der Waals surface area contributed by atoms with E-state index in [4.69, 9.17) is 9.05 Å². The van der Waals surface area contributed by atoms with Crippen molar-refractivity contribution in [2.24, 2.45) is 10.8 Å². The third kappa shape index (κ3) is 1.67. The van der Waals surface area contributed by atoms with Gasteiger partial charge in [-0.2, -0.15) is 0 Å². The Morgan fingerprint density at radius 2 is 1.65 bits per heavy atom. The zero-order valence-electron chi connectivity index (χ0n) is 12.8. The molecule has 3 unspecified atom stereocenters. The highest BCUT2D eigenvalue weighted by Gasteiger charge is 2.79. The van der Waals surface area contributed by atoms with Crippen molar-refractivity contribution in [1.29, 1.82) is 0 Å². The molecule has 1 saturated heterocycles. The Bertz CT molecular complexity index is 536. The molecular formula is C12H24O6P2. The summed E-state index contributed by atoms with van der Waals surface area (Å²) in [6.45, 7) is 9.16. The van der Waals surface area contributed by atoms with Crippen LogP contribution in [0, 0.1) is 10.8 Å². The van der Waals surface area contributed by atoms with Gasteiger partial charge in [0.1, 0.15) is 0 Å². The first-order valence-corrected chi connectivity index (χ1v) is 9.76. The van der Waals surface area contributed by atoms with Crippen molar-refractivity contribution < 1.29 is 28.0 Å². The molecule has 118 valence electrons. The molecule has 0 spiro atoms. The summed E-state index contributed by atoms with van der Waals surface area (Å²) >= 11 is 0. The fourth-order valence-electron chi connectivity index (χ4n) is 3.93. The second-order valence-corrected chi connectivity index (χ2v) is 11.9. The molecule has 0 amide bonds. The summed E-state index contributed by atoms with van der Waals surface area (Å²) in [7, 11) is -6.94. The van der Waals surface area contributed by atoms with Crippen molar-refractivity contribution in [3.05, 3.63) is 0 Å². The van der Waals surface area contributed by atoms with Crippen molar-refractivity contribution in [3.8, 4) is 0 Å². The van der Waals surface area contributed by atoms with Gasteiger partial charge < -0.3 is 14.3 Å². The average Bonchev–Trinajstić information content (AvgIpc) is 2.45. The van der Waals surface area contributed by atoms with E-state index in [9.17, 15) is 18.9 Å². The molecule has 2 rings (SSSR count). The largest absolute Gasteiger partial charge is 0.358 e. The summed E-state index contributed by atoms with van der Waals surface area (Å²) in [6.07, 6.45) is 0.575. The molecule has 2 bridgehead atoms. The zero-order chi connectivity index (χ0) is 15.8. The van der Waals surface area contributed by atoms with Gasteiger partial charge in [0, 0.05) is 18.9 Å². The highest BCUT2D eigenvalue weighted by atomic mass is 31.2. The Kier molecular flexibility index (Phi) is 3.32. The van der Waals surface area contributed by atoms with E-state index in [2.05, 4.69) is 0 Å². The molecule has 0 aromatic rings. The minimum atomic E-state index is -4.64. The van der Waals surface area contributed by atoms with Crippen LogP contribution in [-0.4, -0.2) is 27.4 Å². The summed E-state index contributed by atoms with van der Waals surface area (Å²) in [5.74, 6) is 0. The van der Waals surface area contributed by atoms with Crippen LogP contribution >= 0.6 is 15.2 Å². The standard InChI is InChI=1S/C12H24O6P2/c1-9(2)7-11(5)8-12(10(9,3)4,19(13,14)15)18-20(11,16)17-6/h7-8H2,1-6H3,(H2,13,14,15). The van der Waals surface area contributed by atoms with E-state index in [0.717, 1.165) is 0 Å². The first-order valence-electron chi connectivity index (χ1n) is 6.60. The van der Waals surface area contributed by atoms with Crippen LogP contribution in [0.15, 0.2) is 0 Å². The maximum Gasteiger partial charge on any atom is 0.358 e. The van der Waals surface area contributed by atoms with Gasteiger partial charge >= 0.3 is 15.2 Å². The van der Waals surface area contributed by atoms with Crippen LogP contribution in [0.5, 0.6) is 0 Å². The van der Waals surface area contributed by atoms with Gasteiger partial charge in [-0.05, 0) is 18.8 Å². The Balaban J connectivity index is 2.78. The Hall–Kier alpha value is 0.300. The normalized spacial score (nSPS) is 46.4. The van der Waals surface area contributed by atoms with Crippen LogP contribution in [0.3, 0.4) is 0 Å². The topological polar surface area (TPSA) is 93.1 Å². The van der Waals surface area contributed by atoms with Crippen molar-refractivity contribution in [2.45, 2.75) is 58.0 Å². The molecule has 2 fully saturated rings. The van der Waals surface area contributed by atoms with Crippen molar-refractivity contribution in [2.75, 3.05) is 7.11 Å². The predicted molar refractivity (Wildman–Crippen MR) is 75.7 cm³/mol. The van der Waals surface area contributed by atoms with Gasteiger partial charge in [0.25, 0.3) is 0 Å². The van der Waals surface area contributed by atoms with Crippen LogP contribution in [0.4, 0.5) is 0 Å². The van der Waals surface area contributed by atoms with E-state index in [1.54, 1.807) is 20.8 Å². The number of rotatable bonds is 2. The lowest BCUT2D eigenvalue weighted by atomic mass is 9.55. The van der Waals surface area contributed by atoms with Gasteiger partial charge in [-0.25, -0.2) is 0 Å². The van der Waals surface area contributed by atoms with Crippen LogP contribution < -0.4 is 0 Å². The second-order valence-electron chi connectivity index (χ2n) is 7.46. The van der Waals surface area contributed by atoms with Crippen LogP contribution in [-0.2, 0) is 18.2 Å². The summed E-state index contributed by atoms with van der Waals surface area (Å²) in [5, 5.41) is -2.63. The Labute approximate surface area is 119 Å². The fourth-order valence-corrected chi connectivity index (χ4v) is 8.82. The van der Waals surface area contributed by atoms with E-state index in [0.29, 0.717) is 6.42 Å². The summed E-state index contributed by atoms with van der Waals surface area (Å²) in [4.78, 5) is 19.9. The van der Waals surface area contributed by atoms with Gasteiger partial charge in [0.2, 0.25) is 0 Å². The third-order valence-corrected chi connectivity index (χ3v) is 10.3. The van der Waals surface area contributed by atoms with Crippen LogP contribution in [0.25, 0.3) is 0 Å². The van der Waals surface area contributed by atoms with E-state index in [-0.39, 0.29) is 6.42 Å². The highest BCUT2D eigenvalue weighted by Crippen LogP contribution is 2.86.